The summed E-state index contributed by atoms with van der Waals surface area (Å²) in [6.07, 6.45) is 2.13. The summed E-state index contributed by atoms with van der Waals surface area (Å²) in [4.78, 5) is 13.9. The Balaban J connectivity index is 1.71. The van der Waals surface area contributed by atoms with E-state index in [-0.39, 0.29) is 0 Å². The highest BCUT2D eigenvalue weighted by atomic mass is 35.5. The number of benzene rings is 1. The van der Waals surface area contributed by atoms with Gasteiger partial charge < -0.3 is 9.80 Å². The molecule has 2 aromatic rings. The normalized spacial score (nSPS) is 21.5. The minimum Gasteiger partial charge on any atom is -0.354 e. The minimum absolute atomic E-state index is 0.345. The SMILES string of the molecule is CN1CCN(c2nc(Cl)nc3c2CCC3c2ccccc2)CC1. The fourth-order valence-corrected chi connectivity index (χ4v) is 3.88. The lowest BCUT2D eigenvalue weighted by Gasteiger charge is -2.34. The van der Waals surface area contributed by atoms with E-state index in [9.17, 15) is 0 Å². The highest BCUT2D eigenvalue weighted by Crippen LogP contribution is 2.41. The zero-order valence-corrected chi connectivity index (χ0v) is 14.1. The first kappa shape index (κ1) is 14.9. The van der Waals surface area contributed by atoms with Gasteiger partial charge >= 0.3 is 0 Å². The topological polar surface area (TPSA) is 32.3 Å². The third-order valence-electron chi connectivity index (χ3n) is 5.01. The Kier molecular flexibility index (Phi) is 3.95. The summed E-state index contributed by atoms with van der Waals surface area (Å²) in [5.41, 5.74) is 3.75. The van der Waals surface area contributed by atoms with Crippen molar-refractivity contribution in [3.63, 3.8) is 0 Å². The van der Waals surface area contributed by atoms with Crippen molar-refractivity contribution in [3.8, 4) is 0 Å². The maximum absolute atomic E-state index is 6.27. The molecule has 4 rings (SSSR count). The van der Waals surface area contributed by atoms with E-state index in [1.54, 1.807) is 0 Å². The van der Waals surface area contributed by atoms with Gasteiger partial charge in [0.05, 0.1) is 5.69 Å². The molecular weight excluding hydrogens is 308 g/mol. The van der Waals surface area contributed by atoms with Crippen molar-refractivity contribution in [2.75, 3.05) is 38.1 Å². The molecule has 2 heterocycles. The standard InChI is InChI=1S/C18H21ClN4/c1-22-9-11-23(12-10-22)17-15-8-7-14(13-5-3-2-4-6-13)16(15)20-18(19)21-17/h2-6,14H,7-12H2,1H3. The maximum atomic E-state index is 6.27. The van der Waals surface area contributed by atoms with Crippen molar-refractivity contribution < 1.29 is 0 Å². The second-order valence-corrected chi connectivity index (χ2v) is 6.81. The number of likely N-dealkylation sites (N-methyl/N-ethyl adjacent to an activating group) is 1. The Hall–Kier alpha value is -1.65. The van der Waals surface area contributed by atoms with Crippen molar-refractivity contribution in [1.82, 2.24) is 14.9 Å². The van der Waals surface area contributed by atoms with Crippen LogP contribution in [-0.2, 0) is 6.42 Å². The van der Waals surface area contributed by atoms with Gasteiger partial charge in [-0.3, -0.25) is 0 Å². The Bertz CT molecular complexity index is 696. The number of fused-ring (bicyclic) bond motifs is 1. The smallest absolute Gasteiger partial charge is 0.224 e. The van der Waals surface area contributed by atoms with Crippen LogP contribution in [0.4, 0.5) is 5.82 Å². The van der Waals surface area contributed by atoms with Gasteiger partial charge in [0.15, 0.2) is 0 Å². The van der Waals surface area contributed by atoms with Crippen LogP contribution in [0.15, 0.2) is 30.3 Å². The largest absolute Gasteiger partial charge is 0.354 e. The molecule has 0 amide bonds. The Morgan fingerprint density at radius 2 is 1.78 bits per heavy atom. The van der Waals surface area contributed by atoms with E-state index in [2.05, 4.69) is 57.1 Å². The van der Waals surface area contributed by atoms with Gasteiger partial charge in [-0.1, -0.05) is 30.3 Å². The lowest BCUT2D eigenvalue weighted by Crippen LogP contribution is -2.45. The van der Waals surface area contributed by atoms with E-state index in [0.29, 0.717) is 11.2 Å². The van der Waals surface area contributed by atoms with Crippen LogP contribution in [0, 0.1) is 0 Å². The average Bonchev–Trinajstić information content (AvgIpc) is 2.99. The van der Waals surface area contributed by atoms with E-state index in [0.717, 1.165) is 50.5 Å². The molecule has 1 unspecified atom stereocenters. The summed E-state index contributed by atoms with van der Waals surface area (Å²) in [6, 6.07) is 10.6. The fraction of sp³-hybridized carbons (Fsp3) is 0.444. The van der Waals surface area contributed by atoms with Gasteiger partial charge in [0.2, 0.25) is 5.28 Å². The zero-order chi connectivity index (χ0) is 15.8. The second kappa shape index (κ2) is 6.10. The lowest BCUT2D eigenvalue weighted by molar-refractivity contribution is 0.312. The molecule has 1 aliphatic carbocycles. The third kappa shape index (κ3) is 2.81. The molecule has 0 N–H and O–H groups in total. The van der Waals surface area contributed by atoms with Crippen molar-refractivity contribution in [2.45, 2.75) is 18.8 Å². The quantitative estimate of drug-likeness (QED) is 0.793. The second-order valence-electron chi connectivity index (χ2n) is 6.47. The number of rotatable bonds is 2. The van der Waals surface area contributed by atoms with E-state index in [1.165, 1.54) is 11.1 Å². The third-order valence-corrected chi connectivity index (χ3v) is 5.18. The van der Waals surface area contributed by atoms with Crippen molar-refractivity contribution in [1.29, 1.82) is 0 Å². The summed E-state index contributed by atoms with van der Waals surface area (Å²) >= 11 is 6.27. The van der Waals surface area contributed by atoms with Crippen molar-refractivity contribution in [2.24, 2.45) is 0 Å². The zero-order valence-electron chi connectivity index (χ0n) is 13.4. The van der Waals surface area contributed by atoms with Crippen LogP contribution in [0.25, 0.3) is 0 Å². The molecule has 1 aromatic heterocycles. The number of hydrogen-bond acceptors (Lipinski definition) is 4. The summed E-state index contributed by atoms with van der Waals surface area (Å²) in [5, 5.41) is 0.375. The minimum atomic E-state index is 0.345. The molecule has 23 heavy (non-hydrogen) atoms. The Labute approximate surface area is 142 Å². The van der Waals surface area contributed by atoms with Crippen molar-refractivity contribution in [3.05, 3.63) is 52.4 Å². The van der Waals surface area contributed by atoms with Crippen LogP contribution < -0.4 is 4.90 Å². The number of aromatic nitrogens is 2. The Morgan fingerprint density at radius 1 is 1.04 bits per heavy atom. The van der Waals surface area contributed by atoms with Gasteiger partial charge in [0.25, 0.3) is 0 Å². The van der Waals surface area contributed by atoms with Gasteiger partial charge in [-0.2, -0.15) is 0 Å². The van der Waals surface area contributed by atoms with Gasteiger partial charge in [-0.05, 0) is 37.1 Å². The predicted octanol–water partition coefficient (Wildman–Crippen LogP) is 2.96. The Morgan fingerprint density at radius 3 is 2.52 bits per heavy atom. The van der Waals surface area contributed by atoms with Gasteiger partial charge in [-0.15, -0.1) is 0 Å². The number of anilines is 1. The fourth-order valence-electron chi connectivity index (χ4n) is 3.70. The monoisotopic (exact) mass is 328 g/mol. The van der Waals surface area contributed by atoms with Crippen LogP contribution in [0.1, 0.15) is 29.2 Å². The number of halogens is 1. The molecule has 1 fully saturated rings. The predicted molar refractivity (Wildman–Crippen MR) is 93.4 cm³/mol. The molecule has 2 aliphatic rings. The number of hydrogen-bond donors (Lipinski definition) is 0. The molecule has 5 heteroatoms. The molecule has 0 spiro atoms. The van der Waals surface area contributed by atoms with E-state index in [1.807, 2.05) is 0 Å². The molecular formula is C18H21ClN4. The molecule has 1 saturated heterocycles. The van der Waals surface area contributed by atoms with Crippen LogP contribution in [0.5, 0.6) is 0 Å². The van der Waals surface area contributed by atoms with Gasteiger partial charge in [0.1, 0.15) is 5.82 Å². The first-order chi connectivity index (χ1) is 11.2. The lowest BCUT2D eigenvalue weighted by atomic mass is 9.97. The molecule has 0 radical (unpaired) electrons. The summed E-state index contributed by atoms with van der Waals surface area (Å²) in [7, 11) is 2.17. The molecule has 0 saturated carbocycles. The molecule has 1 aliphatic heterocycles. The summed E-state index contributed by atoms with van der Waals surface area (Å²) < 4.78 is 0. The highest BCUT2D eigenvalue weighted by molar-refractivity contribution is 6.28. The van der Waals surface area contributed by atoms with Gasteiger partial charge in [-0.25, -0.2) is 9.97 Å². The molecule has 0 bridgehead atoms. The van der Waals surface area contributed by atoms with E-state index in [4.69, 9.17) is 11.6 Å². The summed E-state index contributed by atoms with van der Waals surface area (Å²) in [6.45, 7) is 4.15. The van der Waals surface area contributed by atoms with Crippen LogP contribution in [0.3, 0.4) is 0 Å². The molecule has 4 nitrogen and oxygen atoms in total. The molecule has 120 valence electrons. The van der Waals surface area contributed by atoms with Crippen LogP contribution in [-0.4, -0.2) is 48.1 Å². The summed E-state index contributed by atoms with van der Waals surface area (Å²) in [5.74, 6) is 1.41. The van der Waals surface area contributed by atoms with Crippen LogP contribution >= 0.6 is 11.6 Å². The van der Waals surface area contributed by atoms with E-state index < -0.39 is 0 Å². The van der Waals surface area contributed by atoms with Gasteiger partial charge in [0, 0.05) is 37.7 Å². The maximum Gasteiger partial charge on any atom is 0.224 e. The van der Waals surface area contributed by atoms with E-state index >= 15 is 0 Å². The molecule has 1 aromatic carbocycles. The number of nitrogens with zero attached hydrogens (tertiary/aromatic N) is 4. The average molecular weight is 329 g/mol. The highest BCUT2D eigenvalue weighted by Gasteiger charge is 2.31. The first-order valence-electron chi connectivity index (χ1n) is 8.27. The van der Waals surface area contributed by atoms with Crippen molar-refractivity contribution >= 4 is 17.4 Å². The number of piperazine rings is 1. The first-order valence-corrected chi connectivity index (χ1v) is 8.65. The van der Waals surface area contributed by atoms with Crippen LogP contribution in [0.2, 0.25) is 5.28 Å². The molecule has 1 atom stereocenters.